The molecule has 2 amide bonds. The van der Waals surface area contributed by atoms with Gasteiger partial charge in [0.2, 0.25) is 6.41 Å². The number of ether oxygens (including phenoxy) is 3. The molecule has 3 aromatic rings. The van der Waals surface area contributed by atoms with Crippen LogP contribution in [0.15, 0.2) is 72.8 Å². The van der Waals surface area contributed by atoms with Crippen molar-refractivity contribution < 1.29 is 33.4 Å². The van der Waals surface area contributed by atoms with Crippen molar-refractivity contribution >= 4 is 24.4 Å². The lowest BCUT2D eigenvalue weighted by Crippen LogP contribution is -2.44. The van der Waals surface area contributed by atoms with Crippen molar-refractivity contribution in [1.82, 2.24) is 15.1 Å². The summed E-state index contributed by atoms with van der Waals surface area (Å²) >= 11 is 0. The Balaban J connectivity index is 0.000000198. The molecular formula is C40H49N3O7. The molecule has 3 aromatic carbocycles. The van der Waals surface area contributed by atoms with E-state index in [1.165, 1.54) is 40.3 Å². The molecule has 2 heterocycles. The van der Waals surface area contributed by atoms with Gasteiger partial charge in [-0.3, -0.25) is 9.59 Å². The molecule has 2 aliphatic heterocycles. The minimum absolute atomic E-state index is 0.0153. The molecule has 0 aromatic heterocycles. The normalized spacial score (nSPS) is 16.4. The minimum Gasteiger partial charge on any atom is -0.462 e. The average Bonchev–Trinajstić information content (AvgIpc) is 3.42. The first-order chi connectivity index (χ1) is 24.0. The number of carbonyl (C=O) groups excluding carboxylic acids is 4. The predicted octanol–water partition coefficient (Wildman–Crippen LogP) is 5.85. The molecule has 1 aliphatic carbocycles. The lowest BCUT2D eigenvalue weighted by atomic mass is 9.98. The van der Waals surface area contributed by atoms with Gasteiger partial charge in [-0.05, 0) is 79.8 Å². The van der Waals surface area contributed by atoms with Gasteiger partial charge in [-0.2, -0.15) is 0 Å². The van der Waals surface area contributed by atoms with Crippen molar-refractivity contribution in [3.05, 3.63) is 95.1 Å². The van der Waals surface area contributed by atoms with Crippen molar-refractivity contribution in [3.63, 3.8) is 0 Å². The Morgan fingerprint density at radius 3 is 2.08 bits per heavy atom. The third-order valence-electron chi connectivity index (χ3n) is 9.29. The average molecular weight is 684 g/mol. The van der Waals surface area contributed by atoms with E-state index < -0.39 is 17.6 Å². The van der Waals surface area contributed by atoms with Gasteiger partial charge in [-0.15, -0.1) is 0 Å². The van der Waals surface area contributed by atoms with E-state index in [4.69, 9.17) is 14.2 Å². The van der Waals surface area contributed by atoms with E-state index in [9.17, 15) is 19.2 Å². The Kier molecular flexibility index (Phi) is 12.3. The Hall–Kier alpha value is -4.70. The third-order valence-corrected chi connectivity index (χ3v) is 9.29. The van der Waals surface area contributed by atoms with Gasteiger partial charge < -0.3 is 29.3 Å². The number of hydrogen-bond donors (Lipinski definition) is 1. The highest BCUT2D eigenvalue weighted by molar-refractivity contribution is 5.79. The molecule has 50 heavy (non-hydrogen) atoms. The zero-order chi connectivity index (χ0) is 35.7. The topological polar surface area (TPSA) is 114 Å². The maximum Gasteiger partial charge on any atom is 0.410 e. The monoisotopic (exact) mass is 683 g/mol. The minimum atomic E-state index is -0.641. The maximum absolute atomic E-state index is 12.7. The number of amides is 2. The number of hydrogen-bond acceptors (Lipinski definition) is 8. The van der Waals surface area contributed by atoms with Crippen molar-refractivity contribution in [1.29, 1.82) is 0 Å². The van der Waals surface area contributed by atoms with Gasteiger partial charge in [0.25, 0.3) is 0 Å². The highest BCUT2D eigenvalue weighted by atomic mass is 16.6. The summed E-state index contributed by atoms with van der Waals surface area (Å²) in [6.07, 6.45) is 3.26. The van der Waals surface area contributed by atoms with Crippen LogP contribution >= 0.6 is 0 Å². The number of fused-ring (bicyclic) bond motifs is 4. The van der Waals surface area contributed by atoms with E-state index in [1.807, 2.05) is 11.0 Å². The molecule has 1 atom stereocenters. The fraction of sp³-hybridized carbons (Fsp3) is 0.450. The van der Waals surface area contributed by atoms with Gasteiger partial charge >= 0.3 is 18.0 Å². The first kappa shape index (κ1) is 36.6. The summed E-state index contributed by atoms with van der Waals surface area (Å²) in [5, 5.41) is 2.53. The first-order valence-corrected chi connectivity index (χ1v) is 17.5. The standard InChI is InChI=1S/C24H21NO2.C16H28N2O5/c26-24(25-14-13-17-7-1-2-8-18(17)15-25)27-16-23-21-11-5-3-9-19(21)20-10-4-6-12-22(20)23;1-12(20)22-13-5-8-18(9-6-13)10-7-14(17-11-19)15(21)23-16(2,3)4/h1-12,23H,13-16H2;11,13-14H,5-10H2,1-4H3,(H,17,19). The van der Waals surface area contributed by atoms with E-state index in [-0.39, 0.29) is 24.1 Å². The predicted molar refractivity (Wildman–Crippen MR) is 190 cm³/mol. The number of nitrogens with one attached hydrogen (secondary N) is 1. The molecule has 266 valence electrons. The molecule has 6 rings (SSSR count). The molecule has 1 saturated heterocycles. The second-order valence-corrected chi connectivity index (χ2v) is 14.1. The van der Waals surface area contributed by atoms with E-state index in [1.54, 1.807) is 20.8 Å². The number of nitrogens with zero attached hydrogens (tertiary/aromatic N) is 2. The van der Waals surface area contributed by atoms with Crippen molar-refractivity contribution in [2.24, 2.45) is 0 Å². The van der Waals surface area contributed by atoms with Crippen LogP contribution in [0.2, 0.25) is 0 Å². The van der Waals surface area contributed by atoms with Crippen LogP contribution in [0.4, 0.5) is 4.79 Å². The lowest BCUT2D eigenvalue weighted by Gasteiger charge is -2.32. The van der Waals surface area contributed by atoms with Gasteiger partial charge in [-0.1, -0.05) is 72.8 Å². The second kappa shape index (κ2) is 16.8. The molecule has 0 bridgehead atoms. The smallest absolute Gasteiger partial charge is 0.410 e. The fourth-order valence-corrected chi connectivity index (χ4v) is 6.86. The van der Waals surface area contributed by atoms with Crippen LogP contribution in [-0.4, -0.2) is 84.8 Å². The van der Waals surface area contributed by atoms with Gasteiger partial charge in [0.1, 0.15) is 24.4 Å². The summed E-state index contributed by atoms with van der Waals surface area (Å²) in [4.78, 5) is 50.4. The van der Waals surface area contributed by atoms with Crippen molar-refractivity contribution in [3.8, 4) is 11.1 Å². The molecule has 0 radical (unpaired) electrons. The zero-order valence-electron chi connectivity index (χ0n) is 29.6. The first-order valence-electron chi connectivity index (χ1n) is 17.5. The molecular weight excluding hydrogens is 634 g/mol. The fourth-order valence-electron chi connectivity index (χ4n) is 6.86. The number of carbonyl (C=O) groups is 4. The van der Waals surface area contributed by atoms with Crippen LogP contribution in [-0.2, 0) is 41.6 Å². The van der Waals surface area contributed by atoms with Crippen molar-refractivity contribution in [2.75, 3.05) is 32.8 Å². The maximum atomic E-state index is 12.7. The van der Waals surface area contributed by atoms with E-state index >= 15 is 0 Å². The summed E-state index contributed by atoms with van der Waals surface area (Å²) in [7, 11) is 0. The summed E-state index contributed by atoms with van der Waals surface area (Å²) in [5.41, 5.74) is 6.97. The molecule has 10 nitrogen and oxygen atoms in total. The summed E-state index contributed by atoms with van der Waals surface area (Å²) in [5.74, 6) is -0.554. The Labute approximate surface area is 295 Å². The highest BCUT2D eigenvalue weighted by Crippen LogP contribution is 2.44. The van der Waals surface area contributed by atoms with Gasteiger partial charge in [0, 0.05) is 45.6 Å². The van der Waals surface area contributed by atoms with Crippen LogP contribution in [0.25, 0.3) is 11.1 Å². The molecule has 0 saturated carbocycles. The van der Waals surface area contributed by atoms with E-state index in [0.29, 0.717) is 39.1 Å². The van der Waals surface area contributed by atoms with E-state index in [0.717, 1.165) is 32.4 Å². The number of likely N-dealkylation sites (tertiary alicyclic amines) is 1. The van der Waals surface area contributed by atoms with E-state index in [2.05, 4.69) is 76.9 Å². The molecule has 1 unspecified atom stereocenters. The summed E-state index contributed by atoms with van der Waals surface area (Å²) in [6, 6.07) is 24.5. The quantitative estimate of drug-likeness (QED) is 0.170. The number of piperidine rings is 1. The molecule has 10 heteroatoms. The summed E-state index contributed by atoms with van der Waals surface area (Å²) < 4.78 is 16.3. The number of esters is 2. The van der Waals surface area contributed by atoms with Crippen LogP contribution in [0.3, 0.4) is 0 Å². The number of rotatable bonds is 9. The molecule has 1 N–H and O–H groups in total. The van der Waals surface area contributed by atoms with Crippen LogP contribution in [0.5, 0.6) is 0 Å². The zero-order valence-corrected chi connectivity index (χ0v) is 29.6. The van der Waals surface area contributed by atoms with Gasteiger partial charge in [0.05, 0.1) is 0 Å². The third kappa shape index (κ3) is 9.72. The Morgan fingerprint density at radius 2 is 1.48 bits per heavy atom. The van der Waals surface area contributed by atoms with Crippen LogP contribution in [0.1, 0.15) is 75.1 Å². The van der Waals surface area contributed by atoms with Gasteiger partial charge in [0.15, 0.2) is 0 Å². The van der Waals surface area contributed by atoms with Gasteiger partial charge in [-0.25, -0.2) is 9.59 Å². The second-order valence-electron chi connectivity index (χ2n) is 14.1. The Bertz CT molecular complexity index is 1600. The SMILES string of the molecule is CC(=O)OC1CCN(CCC(NC=O)C(=O)OC(C)(C)C)CC1.O=C(OCC1c2ccccc2-c2ccccc21)N1CCc2ccccc2C1. The van der Waals surface area contributed by atoms with Crippen LogP contribution < -0.4 is 5.32 Å². The molecule has 3 aliphatic rings. The summed E-state index contributed by atoms with van der Waals surface area (Å²) in [6.45, 7) is 10.8. The van der Waals surface area contributed by atoms with Crippen LogP contribution in [0, 0.1) is 0 Å². The largest absolute Gasteiger partial charge is 0.462 e. The lowest BCUT2D eigenvalue weighted by molar-refractivity contribution is -0.158. The highest BCUT2D eigenvalue weighted by Gasteiger charge is 2.31. The van der Waals surface area contributed by atoms with Crippen molar-refractivity contribution in [2.45, 2.75) is 83.6 Å². The molecule has 1 fully saturated rings. The number of benzene rings is 3. The molecule has 0 spiro atoms. The Morgan fingerprint density at radius 1 is 0.880 bits per heavy atom.